The highest BCUT2D eigenvalue weighted by atomic mass is 35.5. The molecule has 3 rings (SSSR count). The van der Waals surface area contributed by atoms with Gasteiger partial charge >= 0.3 is 0 Å². The molecule has 0 aliphatic carbocycles. The molecule has 2 heterocycles. The minimum atomic E-state index is -3.95. The van der Waals surface area contributed by atoms with Gasteiger partial charge in [0.15, 0.2) is 0 Å². The lowest BCUT2D eigenvalue weighted by Gasteiger charge is -2.23. The lowest BCUT2D eigenvalue weighted by molar-refractivity contribution is -0.118. The summed E-state index contributed by atoms with van der Waals surface area (Å²) < 4.78 is 56.9. The van der Waals surface area contributed by atoms with Crippen molar-refractivity contribution in [3.63, 3.8) is 0 Å². The molecule has 168 valence electrons. The third-order valence-electron chi connectivity index (χ3n) is 5.08. The number of hydrogen-bond acceptors (Lipinski definition) is 5. The van der Waals surface area contributed by atoms with Gasteiger partial charge in [0.05, 0.1) is 4.34 Å². The molecule has 0 unspecified atom stereocenters. The molecule has 2 atom stereocenters. The molecule has 1 saturated heterocycles. The van der Waals surface area contributed by atoms with Gasteiger partial charge in [-0.2, -0.15) is 4.72 Å². The summed E-state index contributed by atoms with van der Waals surface area (Å²) in [6, 6.07) is 4.36. The van der Waals surface area contributed by atoms with Crippen LogP contribution in [-0.4, -0.2) is 45.9 Å². The first-order valence-corrected chi connectivity index (χ1v) is 12.1. The van der Waals surface area contributed by atoms with Gasteiger partial charge in [0.2, 0.25) is 15.9 Å². The molecule has 0 saturated carbocycles. The summed E-state index contributed by atoms with van der Waals surface area (Å²) in [5.41, 5.74) is -0.0309. The van der Waals surface area contributed by atoms with Gasteiger partial charge < -0.3 is 9.80 Å². The quantitative estimate of drug-likeness (QED) is 0.638. The van der Waals surface area contributed by atoms with Gasteiger partial charge in [-0.1, -0.05) is 11.6 Å². The van der Waals surface area contributed by atoms with Crippen molar-refractivity contribution in [2.45, 2.75) is 25.4 Å². The zero-order chi connectivity index (χ0) is 22.9. The van der Waals surface area contributed by atoms with Gasteiger partial charge in [-0.3, -0.25) is 4.79 Å². The topological polar surface area (TPSA) is 69.7 Å². The molecule has 1 aromatic carbocycles. The third-order valence-corrected chi connectivity index (χ3v) is 7.39. The number of benzene rings is 1. The van der Waals surface area contributed by atoms with Gasteiger partial charge in [-0.15, -0.1) is 11.3 Å². The lowest BCUT2D eigenvalue weighted by atomic mass is 10.1. The maximum absolute atomic E-state index is 14.7. The summed E-state index contributed by atoms with van der Waals surface area (Å²) in [5.74, 6) is -2.44. The van der Waals surface area contributed by atoms with Crippen LogP contribution in [-0.2, 0) is 14.8 Å². The van der Waals surface area contributed by atoms with Crippen LogP contribution >= 0.6 is 22.9 Å². The molecule has 1 aliphatic heterocycles. The Morgan fingerprint density at radius 1 is 1.29 bits per heavy atom. The molecule has 2 aromatic rings. The molecule has 0 radical (unpaired) electrons. The Kier molecular flexibility index (Phi) is 7.17. The van der Waals surface area contributed by atoms with E-state index < -0.39 is 39.3 Å². The number of nitrogens with zero attached hydrogens (tertiary/aromatic N) is 2. The molecule has 1 aromatic heterocycles. The average Bonchev–Trinajstić information content (AvgIpc) is 3.25. The molecule has 0 bridgehead atoms. The van der Waals surface area contributed by atoms with Gasteiger partial charge in [-0.25, -0.2) is 17.2 Å². The van der Waals surface area contributed by atoms with E-state index in [0.717, 1.165) is 10.3 Å². The number of carbonyl (C=O) groups excluding carboxylic acids is 1. The van der Waals surface area contributed by atoms with Crippen molar-refractivity contribution >= 4 is 50.6 Å². The molecule has 0 spiro atoms. The molecular weight excluding hydrogens is 468 g/mol. The van der Waals surface area contributed by atoms with E-state index in [2.05, 4.69) is 4.72 Å². The summed E-state index contributed by atoms with van der Waals surface area (Å²) >= 11 is 7.02. The highest BCUT2D eigenvalue weighted by molar-refractivity contribution is 7.92. The highest BCUT2D eigenvalue weighted by Crippen LogP contribution is 2.31. The summed E-state index contributed by atoms with van der Waals surface area (Å²) in [6.07, 6.45) is 1.45. The number of sulfonamides is 1. The van der Waals surface area contributed by atoms with Crippen LogP contribution in [0, 0.1) is 11.6 Å². The van der Waals surface area contributed by atoms with Gasteiger partial charge in [0.1, 0.15) is 23.4 Å². The van der Waals surface area contributed by atoms with E-state index in [-0.39, 0.29) is 19.0 Å². The molecular formula is C20H22ClF2N3O3S2. The van der Waals surface area contributed by atoms with Crippen LogP contribution in [0.4, 0.5) is 14.5 Å². The minimum Gasteiger partial charge on any atom is -0.306 e. The van der Waals surface area contributed by atoms with Crippen molar-refractivity contribution < 1.29 is 22.0 Å². The summed E-state index contributed by atoms with van der Waals surface area (Å²) in [6.45, 7) is 1.80. The van der Waals surface area contributed by atoms with E-state index in [1.165, 1.54) is 29.5 Å². The first-order valence-electron chi connectivity index (χ1n) is 9.41. The maximum atomic E-state index is 14.7. The molecule has 11 heteroatoms. The van der Waals surface area contributed by atoms with Crippen LogP contribution < -0.4 is 9.62 Å². The van der Waals surface area contributed by atoms with Crippen molar-refractivity contribution in [3.8, 4) is 0 Å². The predicted molar refractivity (Wildman–Crippen MR) is 120 cm³/mol. The molecule has 6 nitrogen and oxygen atoms in total. The molecule has 31 heavy (non-hydrogen) atoms. The predicted octanol–water partition coefficient (Wildman–Crippen LogP) is 4.00. The second kappa shape index (κ2) is 9.33. The average molecular weight is 490 g/mol. The minimum absolute atomic E-state index is 0.00725. The van der Waals surface area contributed by atoms with E-state index in [4.69, 9.17) is 11.6 Å². The van der Waals surface area contributed by atoms with Crippen molar-refractivity contribution in [3.05, 3.63) is 56.1 Å². The van der Waals surface area contributed by atoms with Gasteiger partial charge in [0.25, 0.3) is 0 Å². The fourth-order valence-corrected chi connectivity index (χ4v) is 5.28. The molecule has 1 fully saturated rings. The molecule has 1 amide bonds. The Bertz CT molecular complexity index is 1100. The van der Waals surface area contributed by atoms with Crippen molar-refractivity contribution in [2.24, 2.45) is 0 Å². The number of thiophene rings is 1. The number of amides is 1. The van der Waals surface area contributed by atoms with E-state index in [1.54, 1.807) is 38.1 Å². The third kappa shape index (κ3) is 5.50. The summed E-state index contributed by atoms with van der Waals surface area (Å²) in [5, 5.41) is 0.934. The standard InChI is InChI=1S/C20H22ClF2N3O3S2/c1-12(25(2)3)13-10-15(22)19(16(23)11-13)26-8-6-17(20(26)27)24-31(28,29)9-7-14-4-5-18(21)30-14/h4-5,7,9-12,17,24H,6,8H2,1-3H3/b9-7+/t12-,17+/m1/s1. The van der Waals surface area contributed by atoms with Crippen LogP contribution in [0.3, 0.4) is 0 Å². The maximum Gasteiger partial charge on any atom is 0.245 e. The van der Waals surface area contributed by atoms with E-state index in [0.29, 0.717) is 14.8 Å². The number of hydrogen-bond donors (Lipinski definition) is 1. The SMILES string of the molecule is C[C@H](c1cc(F)c(N2CC[C@H](NS(=O)(=O)/C=C/c3ccc(Cl)s3)C2=O)c(F)c1)N(C)C. The smallest absolute Gasteiger partial charge is 0.245 e. The normalized spacial score (nSPS) is 18.5. The molecule has 1 aliphatic rings. The van der Waals surface area contributed by atoms with E-state index in [9.17, 15) is 22.0 Å². The summed E-state index contributed by atoms with van der Waals surface area (Å²) in [4.78, 5) is 16.1. The van der Waals surface area contributed by atoms with Crippen LogP contribution in [0.5, 0.6) is 0 Å². The Hall–Kier alpha value is -1.85. The number of halogens is 3. The number of nitrogens with one attached hydrogen (secondary N) is 1. The number of carbonyl (C=O) groups is 1. The number of rotatable bonds is 7. The summed E-state index contributed by atoms with van der Waals surface area (Å²) in [7, 11) is -0.371. The van der Waals surface area contributed by atoms with Crippen molar-refractivity contribution in [1.82, 2.24) is 9.62 Å². The Morgan fingerprint density at radius 3 is 2.48 bits per heavy atom. The monoisotopic (exact) mass is 489 g/mol. The van der Waals surface area contributed by atoms with Crippen LogP contribution in [0.25, 0.3) is 6.08 Å². The van der Waals surface area contributed by atoms with Gasteiger partial charge in [-0.05, 0) is 63.3 Å². The molecule has 1 N–H and O–H groups in total. The van der Waals surface area contributed by atoms with E-state index >= 15 is 0 Å². The Labute approximate surface area is 189 Å². The Balaban J connectivity index is 1.76. The van der Waals surface area contributed by atoms with Crippen LogP contribution in [0.1, 0.15) is 29.8 Å². The zero-order valence-electron chi connectivity index (χ0n) is 17.1. The highest BCUT2D eigenvalue weighted by Gasteiger charge is 2.37. The van der Waals surface area contributed by atoms with Crippen molar-refractivity contribution in [1.29, 1.82) is 0 Å². The first kappa shape index (κ1) is 23.8. The Morgan fingerprint density at radius 2 is 1.94 bits per heavy atom. The zero-order valence-corrected chi connectivity index (χ0v) is 19.5. The van der Waals surface area contributed by atoms with Crippen molar-refractivity contribution in [2.75, 3.05) is 25.5 Å². The van der Waals surface area contributed by atoms with Gasteiger partial charge in [0, 0.05) is 22.9 Å². The van der Waals surface area contributed by atoms with E-state index in [1.807, 2.05) is 0 Å². The lowest BCUT2D eigenvalue weighted by Crippen LogP contribution is -2.41. The second-order valence-corrected chi connectivity index (χ2v) is 10.8. The largest absolute Gasteiger partial charge is 0.306 e. The first-order chi connectivity index (χ1) is 14.5. The van der Waals surface area contributed by atoms with Crippen LogP contribution in [0.2, 0.25) is 4.34 Å². The second-order valence-electron chi connectivity index (χ2n) is 7.41. The number of anilines is 1. The fraction of sp³-hybridized carbons (Fsp3) is 0.350. The van der Waals surface area contributed by atoms with Crippen LogP contribution in [0.15, 0.2) is 29.7 Å². The fourth-order valence-electron chi connectivity index (χ4n) is 3.21.